The molecule has 16 heteroatoms. The number of nitrogens with one attached hydrogen (secondary N) is 2. The van der Waals surface area contributed by atoms with Gasteiger partial charge in [-0.05, 0) is 93.0 Å². The van der Waals surface area contributed by atoms with Gasteiger partial charge < -0.3 is 20.1 Å². The molecule has 2 atom stereocenters. The second-order valence-electron chi connectivity index (χ2n) is 14.5. The van der Waals surface area contributed by atoms with Gasteiger partial charge in [-0.15, -0.1) is 0 Å². The van der Waals surface area contributed by atoms with E-state index in [0.29, 0.717) is 62.6 Å². The van der Waals surface area contributed by atoms with Gasteiger partial charge in [0.1, 0.15) is 28.7 Å². The molecule has 0 amide bonds. The van der Waals surface area contributed by atoms with Crippen molar-refractivity contribution in [1.29, 1.82) is 0 Å². The topological polar surface area (TPSA) is 146 Å². The van der Waals surface area contributed by atoms with E-state index >= 15 is 0 Å². The lowest BCUT2D eigenvalue weighted by Gasteiger charge is -2.15. The molecule has 0 bridgehead atoms. The predicted molar refractivity (Wildman–Crippen MR) is 221 cm³/mol. The summed E-state index contributed by atoms with van der Waals surface area (Å²) in [6.45, 7) is 5.05. The number of para-hydroxylation sites is 2. The Morgan fingerprint density at radius 2 is 1.17 bits per heavy atom. The van der Waals surface area contributed by atoms with Crippen molar-refractivity contribution in [3.05, 3.63) is 133 Å². The number of ether oxygens (including phenoxy) is 2. The van der Waals surface area contributed by atoms with E-state index in [9.17, 15) is 25.6 Å². The number of pyridine rings is 2. The minimum atomic E-state index is -4.40. The van der Waals surface area contributed by atoms with Crippen molar-refractivity contribution in [2.24, 2.45) is 0 Å². The van der Waals surface area contributed by atoms with E-state index in [1.54, 1.807) is 60.8 Å². The van der Waals surface area contributed by atoms with Crippen molar-refractivity contribution < 1.29 is 35.1 Å². The molecule has 0 saturated carbocycles. The maximum absolute atomic E-state index is 14.3. The molecule has 2 aliphatic heterocycles. The third kappa shape index (κ3) is 7.15. The Hall–Kier alpha value is -5.94. The Bertz CT molecular complexity index is 3120. The molecule has 0 spiro atoms. The second-order valence-corrected chi connectivity index (χ2v) is 18.1. The lowest BCUT2D eigenvalue weighted by atomic mass is 10.1. The number of rotatable bonds is 8. The van der Waals surface area contributed by atoms with Crippen molar-refractivity contribution in [2.45, 2.75) is 41.8 Å². The van der Waals surface area contributed by atoms with Gasteiger partial charge in [-0.2, -0.15) is 0 Å². The molecule has 10 rings (SSSR count). The van der Waals surface area contributed by atoms with Crippen LogP contribution in [0, 0.1) is 18.6 Å². The summed E-state index contributed by atoms with van der Waals surface area (Å²) in [6.07, 6.45) is 4.57. The first kappa shape index (κ1) is 38.6. The monoisotopic (exact) mass is 836 g/mol. The highest BCUT2D eigenvalue weighted by Gasteiger charge is 2.28. The van der Waals surface area contributed by atoms with Crippen LogP contribution >= 0.6 is 0 Å². The number of hydrogen-bond acceptors (Lipinski definition) is 10. The molecule has 2 saturated heterocycles. The molecule has 2 fully saturated rings. The van der Waals surface area contributed by atoms with Gasteiger partial charge in [0, 0.05) is 36.3 Å². The molecule has 6 heterocycles. The number of aryl methyl sites for hydroxylation is 1. The Morgan fingerprint density at radius 3 is 1.69 bits per heavy atom. The first-order valence-electron chi connectivity index (χ1n) is 19.1. The molecule has 12 nitrogen and oxygen atoms in total. The summed E-state index contributed by atoms with van der Waals surface area (Å²) in [6, 6.07) is 27.3. The minimum absolute atomic E-state index is 0.0311. The van der Waals surface area contributed by atoms with Crippen molar-refractivity contribution in [2.75, 3.05) is 26.2 Å². The van der Waals surface area contributed by atoms with Crippen LogP contribution in [0.3, 0.4) is 0 Å². The Kier molecular flexibility index (Phi) is 10.0. The Labute approximate surface area is 338 Å². The van der Waals surface area contributed by atoms with Crippen LogP contribution in [0.15, 0.2) is 125 Å². The fraction of sp³-hybridized carbons (Fsp3) is 0.209. The lowest BCUT2D eigenvalue weighted by Crippen LogP contribution is -2.20. The third-order valence-corrected chi connectivity index (χ3v) is 13.9. The van der Waals surface area contributed by atoms with E-state index in [4.69, 9.17) is 14.5 Å². The van der Waals surface area contributed by atoms with E-state index in [0.717, 1.165) is 59.5 Å². The first-order chi connectivity index (χ1) is 28.5. The van der Waals surface area contributed by atoms with Gasteiger partial charge in [0.15, 0.2) is 0 Å². The maximum atomic E-state index is 14.3. The SMILES string of the molecule is Cc1cccc(S(=O)(=O)n2ccc3c(OC4CCNC4)nc4ccccc4c32)c1.O=S(=O)(c1cc(F)ccc1F)n1ccc2c(OC3CCNC3)nc3ccccc3c21. The zero-order valence-electron chi connectivity index (χ0n) is 31.7. The fourth-order valence-electron chi connectivity index (χ4n) is 7.61. The largest absolute Gasteiger partial charge is 0.472 e. The molecule has 0 radical (unpaired) electrons. The quantitative estimate of drug-likeness (QED) is 0.165. The number of hydrogen-bond donors (Lipinski definition) is 2. The van der Waals surface area contributed by atoms with Gasteiger partial charge in [-0.1, -0.05) is 48.5 Å². The number of aromatic nitrogens is 4. The number of nitrogens with zero attached hydrogens (tertiary/aromatic N) is 4. The van der Waals surface area contributed by atoms with Crippen LogP contribution in [0.5, 0.6) is 11.8 Å². The summed E-state index contributed by atoms with van der Waals surface area (Å²) in [5, 5.41) is 9.02. The van der Waals surface area contributed by atoms with E-state index in [-0.39, 0.29) is 17.1 Å². The van der Waals surface area contributed by atoms with Crippen molar-refractivity contribution >= 4 is 63.7 Å². The molecule has 4 aromatic carbocycles. The molecule has 2 unspecified atom stereocenters. The predicted octanol–water partition coefficient (Wildman–Crippen LogP) is 6.92. The zero-order chi connectivity index (χ0) is 40.9. The normalized spacial score (nSPS) is 17.1. The van der Waals surface area contributed by atoms with Crippen LogP contribution in [0.1, 0.15) is 18.4 Å². The van der Waals surface area contributed by atoms with Gasteiger partial charge in [0.25, 0.3) is 20.0 Å². The summed E-state index contributed by atoms with van der Waals surface area (Å²) < 4.78 is 96.0. The standard InChI is InChI=1S/C22H21N3O3S.C21H17F2N3O3S/c1-15-5-4-6-17(13-15)29(26,27)25-12-10-19-21(25)18-7-2-3-8-20(18)24-22(19)28-16-9-11-23-14-16;22-13-5-6-17(23)19(11-13)30(27,28)26-10-8-16-20(26)15-3-1-2-4-18(15)25-21(16)29-14-7-9-24-12-14/h2-8,10,12-13,16,23H,9,11,14H2,1H3;1-6,8,10-11,14,24H,7,9,12H2. The van der Waals surface area contributed by atoms with Crippen LogP contribution in [0.25, 0.3) is 43.6 Å². The molecule has 2 N–H and O–H groups in total. The van der Waals surface area contributed by atoms with E-state index in [2.05, 4.69) is 15.6 Å². The minimum Gasteiger partial charge on any atom is -0.472 e. The third-order valence-electron chi connectivity index (χ3n) is 10.5. The molecule has 2 aliphatic rings. The van der Waals surface area contributed by atoms with Gasteiger partial charge in [0.2, 0.25) is 11.8 Å². The molecule has 59 heavy (non-hydrogen) atoms. The number of halogens is 2. The van der Waals surface area contributed by atoms with E-state index in [1.807, 2.05) is 37.3 Å². The maximum Gasteiger partial charge on any atom is 0.271 e. The molecule has 4 aromatic heterocycles. The van der Waals surface area contributed by atoms with Crippen LogP contribution in [-0.4, -0.2) is 73.1 Å². The molecule has 8 aromatic rings. The Balaban J connectivity index is 0.000000152. The summed E-state index contributed by atoms with van der Waals surface area (Å²) in [4.78, 5) is 8.79. The highest BCUT2D eigenvalue weighted by Crippen LogP contribution is 2.36. The van der Waals surface area contributed by atoms with Crippen molar-refractivity contribution in [3.8, 4) is 11.8 Å². The second kappa shape index (κ2) is 15.3. The van der Waals surface area contributed by atoms with Crippen LogP contribution in [-0.2, 0) is 20.0 Å². The first-order valence-corrected chi connectivity index (χ1v) is 21.9. The smallest absolute Gasteiger partial charge is 0.271 e. The van der Waals surface area contributed by atoms with Gasteiger partial charge in [-0.25, -0.2) is 43.5 Å². The number of benzene rings is 4. The van der Waals surface area contributed by atoms with Crippen LogP contribution in [0.2, 0.25) is 0 Å². The highest BCUT2D eigenvalue weighted by molar-refractivity contribution is 7.90. The molecule has 302 valence electrons. The van der Waals surface area contributed by atoms with Gasteiger partial charge in [0.05, 0.1) is 37.7 Å². The van der Waals surface area contributed by atoms with Crippen molar-refractivity contribution in [3.63, 3.8) is 0 Å². The van der Waals surface area contributed by atoms with E-state index < -0.39 is 36.6 Å². The van der Waals surface area contributed by atoms with E-state index in [1.165, 1.54) is 10.2 Å². The average molecular weight is 837 g/mol. The van der Waals surface area contributed by atoms with Crippen molar-refractivity contribution in [1.82, 2.24) is 28.5 Å². The zero-order valence-corrected chi connectivity index (χ0v) is 33.3. The Morgan fingerprint density at radius 1 is 0.627 bits per heavy atom. The number of fused-ring (bicyclic) bond motifs is 6. The molecular weight excluding hydrogens is 799 g/mol. The average Bonchev–Trinajstić information content (AvgIpc) is 4.07. The van der Waals surface area contributed by atoms with Crippen LogP contribution < -0.4 is 20.1 Å². The lowest BCUT2D eigenvalue weighted by molar-refractivity contribution is 0.217. The summed E-state index contributed by atoms with van der Waals surface area (Å²) in [5.41, 5.74) is 3.05. The van der Waals surface area contributed by atoms with Gasteiger partial charge >= 0.3 is 0 Å². The summed E-state index contributed by atoms with van der Waals surface area (Å²) >= 11 is 0. The molecule has 0 aliphatic carbocycles. The molecular formula is C43H38F2N6O6S2. The van der Waals surface area contributed by atoms with Crippen LogP contribution in [0.4, 0.5) is 8.78 Å². The van der Waals surface area contributed by atoms with Gasteiger partial charge in [-0.3, -0.25) is 0 Å². The summed E-state index contributed by atoms with van der Waals surface area (Å²) in [5.74, 6) is -1.07. The highest BCUT2D eigenvalue weighted by atomic mass is 32.2. The fourth-order valence-corrected chi connectivity index (χ4v) is 10.5. The summed E-state index contributed by atoms with van der Waals surface area (Å²) in [7, 11) is -8.16.